The smallest absolute Gasteiger partial charge is 0.295 e. The van der Waals surface area contributed by atoms with Gasteiger partial charge in [0, 0.05) is 81.6 Å². The van der Waals surface area contributed by atoms with Gasteiger partial charge in [-0.2, -0.15) is 0 Å². The molecule has 1 amide bonds. The van der Waals surface area contributed by atoms with Crippen molar-refractivity contribution in [2.75, 3.05) is 56.6 Å². The van der Waals surface area contributed by atoms with E-state index in [0.29, 0.717) is 68.3 Å². The zero-order valence-corrected chi connectivity index (χ0v) is 46.0. The Balaban J connectivity index is 0.817. The highest BCUT2D eigenvalue weighted by Gasteiger charge is 2.50. The van der Waals surface area contributed by atoms with Crippen molar-refractivity contribution >= 4 is 65.6 Å². The molecular weight excluding hydrogens is 1030 g/mol. The lowest BCUT2D eigenvalue weighted by Crippen LogP contribution is -2.60. The number of aromatic amines is 1. The van der Waals surface area contributed by atoms with Crippen molar-refractivity contribution in [1.29, 1.82) is 0 Å². The SMILES string of the molecule is COc1ccc(CN2CCN(C3CC4(CCN(c5cc(Oc6cnc7[nH]ccc7c6)c(C(=O)NS(=O)(=O)c6cc([N+](=O)[O-])c(NCC7CCC(C)(O)CC7)c7scnc67)cc5F)CC4)C3)[C@H](c3ccccc3C(C)C)C2)cc1. The van der Waals surface area contributed by atoms with Crippen LogP contribution in [-0.4, -0.2) is 107 Å². The number of halogens is 1. The number of H-pyrrole nitrogens is 1. The number of nitrogens with zero attached hydrogens (tertiary/aromatic N) is 6. The van der Waals surface area contributed by atoms with Gasteiger partial charge in [0.05, 0.1) is 45.3 Å². The molecule has 17 nitrogen and oxygen atoms in total. The lowest BCUT2D eigenvalue weighted by atomic mass is 9.59. The molecule has 20 heteroatoms. The molecule has 7 aromatic rings. The fourth-order valence-electron chi connectivity index (χ4n) is 12.5. The largest absolute Gasteiger partial charge is 0.497 e. The van der Waals surface area contributed by atoms with Gasteiger partial charge in [-0.25, -0.2) is 27.5 Å². The maximum absolute atomic E-state index is 16.8. The molecule has 2 aliphatic heterocycles. The number of aliphatic hydroxyl groups is 1. The van der Waals surface area contributed by atoms with Crippen molar-refractivity contribution in [1.82, 2.24) is 29.5 Å². The minimum atomic E-state index is -4.88. The lowest BCUT2D eigenvalue weighted by Gasteiger charge is -2.58. The van der Waals surface area contributed by atoms with Crippen LogP contribution in [0.25, 0.3) is 21.3 Å². The van der Waals surface area contributed by atoms with Crippen LogP contribution in [-0.2, 0) is 16.6 Å². The molecule has 4 aliphatic rings. The molecule has 410 valence electrons. The summed E-state index contributed by atoms with van der Waals surface area (Å²) in [5, 5.41) is 26.9. The summed E-state index contributed by atoms with van der Waals surface area (Å²) in [4.78, 5) is 44.7. The molecule has 4 N–H and O–H groups in total. The number of methoxy groups -OCH3 is 1. The number of nitro benzene ring substituents is 1. The van der Waals surface area contributed by atoms with Crippen molar-refractivity contribution in [3.8, 4) is 17.2 Å². The molecule has 0 radical (unpaired) electrons. The van der Waals surface area contributed by atoms with Gasteiger partial charge >= 0.3 is 0 Å². The summed E-state index contributed by atoms with van der Waals surface area (Å²) in [5.41, 5.74) is 4.70. The Morgan fingerprint density at radius 3 is 2.47 bits per heavy atom. The zero-order valence-electron chi connectivity index (χ0n) is 44.3. The van der Waals surface area contributed by atoms with E-state index >= 15 is 4.39 Å². The minimum absolute atomic E-state index is 0.0656. The van der Waals surface area contributed by atoms with Gasteiger partial charge in [-0.15, -0.1) is 11.3 Å². The van der Waals surface area contributed by atoms with E-state index in [0.717, 1.165) is 81.1 Å². The molecular formula is C58H66FN9O8S2. The number of ether oxygens (including phenoxy) is 2. The van der Waals surface area contributed by atoms with Crippen molar-refractivity contribution in [2.45, 2.75) is 107 Å². The number of benzene rings is 4. The van der Waals surface area contributed by atoms with Gasteiger partial charge in [-0.3, -0.25) is 24.7 Å². The van der Waals surface area contributed by atoms with E-state index in [2.05, 4.69) is 85.0 Å². The Labute approximate surface area is 457 Å². The first kappa shape index (κ1) is 53.3. The van der Waals surface area contributed by atoms with Crippen LogP contribution in [0.1, 0.15) is 111 Å². The number of sulfonamides is 1. The van der Waals surface area contributed by atoms with E-state index in [9.17, 15) is 28.4 Å². The van der Waals surface area contributed by atoms with Crippen LogP contribution in [0.3, 0.4) is 0 Å². The topological polar surface area (TPSA) is 208 Å². The monoisotopic (exact) mass is 1100 g/mol. The fourth-order valence-corrected chi connectivity index (χ4v) is 14.5. The summed E-state index contributed by atoms with van der Waals surface area (Å²) in [6.07, 6.45) is 9.55. The number of carbonyl (C=O) groups excluding carboxylic acids is 1. The summed E-state index contributed by atoms with van der Waals surface area (Å²) >= 11 is 1.03. The number of amides is 1. The first-order valence-corrected chi connectivity index (χ1v) is 29.3. The number of rotatable bonds is 16. The summed E-state index contributed by atoms with van der Waals surface area (Å²) in [5.74, 6) is -0.462. The molecule has 4 fully saturated rings. The third-order valence-corrected chi connectivity index (χ3v) is 19.1. The van der Waals surface area contributed by atoms with Gasteiger partial charge < -0.3 is 29.8 Å². The van der Waals surface area contributed by atoms with E-state index in [1.807, 2.05) is 17.0 Å². The van der Waals surface area contributed by atoms with Crippen LogP contribution < -0.4 is 24.4 Å². The van der Waals surface area contributed by atoms with E-state index in [1.54, 1.807) is 32.4 Å². The summed E-state index contributed by atoms with van der Waals surface area (Å²) < 4.78 is 59.4. The standard InChI is InChI=1S/C58H66FN9O8S2/c1-36(2)43-7-5-6-8-44(43)49-34-65(33-38-9-11-41(75-4)12-10-38)23-24-67(49)40-29-58(30-40)18-21-66(22-19-58)47-27-50(76-42-25-39-15-20-60-55(39)62-32-42)45(26-46(47)59)56(69)64-78(73,74)51-28-48(68(71)72)52(54-53(51)63-35-77-54)61-31-37-13-16-57(3,70)17-14-37/h5-12,15,20,25-28,32,35-37,40,49,61,70H,13-14,16-19,21-24,29-31,33-34H2,1-4H3,(H,60,62)(H,64,69)/t37?,49-,57?/m0/s1. The fraction of sp³-hybridized carbons (Fsp3) is 0.431. The van der Waals surface area contributed by atoms with Gasteiger partial charge in [0.25, 0.3) is 21.6 Å². The number of pyridine rings is 1. The van der Waals surface area contributed by atoms with Crippen molar-refractivity contribution < 1.29 is 37.1 Å². The summed E-state index contributed by atoms with van der Waals surface area (Å²) in [6, 6.07) is 24.7. The van der Waals surface area contributed by atoms with E-state index < -0.39 is 48.4 Å². The number of hydrogen-bond acceptors (Lipinski definition) is 15. The Bertz CT molecular complexity index is 3470. The Morgan fingerprint density at radius 1 is 0.987 bits per heavy atom. The van der Waals surface area contributed by atoms with Crippen molar-refractivity contribution in [3.63, 3.8) is 0 Å². The first-order chi connectivity index (χ1) is 37.4. The number of carbonyl (C=O) groups is 1. The average Bonchev–Trinajstić information content (AvgIpc) is 4.26. The van der Waals surface area contributed by atoms with Crippen LogP contribution >= 0.6 is 11.3 Å². The number of aromatic nitrogens is 3. The van der Waals surface area contributed by atoms with Gasteiger partial charge in [0.15, 0.2) is 0 Å². The zero-order chi connectivity index (χ0) is 54.5. The van der Waals surface area contributed by atoms with Crippen LogP contribution in [0.4, 0.5) is 21.5 Å². The molecule has 2 saturated heterocycles. The van der Waals surface area contributed by atoms with E-state index in [4.69, 9.17) is 9.47 Å². The summed E-state index contributed by atoms with van der Waals surface area (Å²) in [7, 11) is -3.19. The predicted octanol–water partition coefficient (Wildman–Crippen LogP) is 10.9. The number of nitro groups is 1. The highest BCUT2D eigenvalue weighted by Crippen LogP contribution is 2.54. The number of thiazole rings is 1. The van der Waals surface area contributed by atoms with Crippen LogP contribution in [0.5, 0.6) is 17.2 Å². The minimum Gasteiger partial charge on any atom is -0.497 e. The molecule has 0 bridgehead atoms. The number of anilines is 2. The highest BCUT2D eigenvalue weighted by molar-refractivity contribution is 7.90. The second kappa shape index (κ2) is 21.5. The molecule has 1 spiro atoms. The Morgan fingerprint density at radius 2 is 1.74 bits per heavy atom. The van der Waals surface area contributed by atoms with Gasteiger partial charge in [0.2, 0.25) is 0 Å². The Kier molecular flexibility index (Phi) is 14.7. The number of fused-ring (bicyclic) bond motifs is 2. The molecule has 2 saturated carbocycles. The van der Waals surface area contributed by atoms with Gasteiger partial charge in [0.1, 0.15) is 44.8 Å². The van der Waals surface area contributed by atoms with Crippen LogP contribution in [0.2, 0.25) is 0 Å². The summed E-state index contributed by atoms with van der Waals surface area (Å²) in [6.45, 7) is 11.5. The molecule has 0 unspecified atom stereocenters. The van der Waals surface area contributed by atoms with Crippen LogP contribution in [0.15, 0.2) is 102 Å². The number of hydrogen-bond donors (Lipinski definition) is 4. The average molecular weight is 1100 g/mol. The number of nitrogens with one attached hydrogen (secondary N) is 3. The molecule has 1 atom stereocenters. The Hall–Kier alpha value is -6.71. The van der Waals surface area contributed by atoms with Crippen molar-refractivity contribution in [3.05, 3.63) is 135 Å². The molecule has 2 aliphatic carbocycles. The van der Waals surface area contributed by atoms with E-state index in [-0.39, 0.29) is 50.5 Å². The van der Waals surface area contributed by atoms with Gasteiger partial charge in [-0.1, -0.05) is 50.2 Å². The molecule has 11 rings (SSSR count). The quantitative estimate of drug-likeness (QED) is 0.0524. The highest BCUT2D eigenvalue weighted by atomic mass is 32.2. The third kappa shape index (κ3) is 10.9. The maximum Gasteiger partial charge on any atom is 0.295 e. The molecule has 5 heterocycles. The molecule has 4 aromatic carbocycles. The second-order valence-electron chi connectivity index (χ2n) is 22.5. The van der Waals surface area contributed by atoms with Gasteiger partial charge in [-0.05, 0) is 123 Å². The predicted molar refractivity (Wildman–Crippen MR) is 300 cm³/mol. The van der Waals surface area contributed by atoms with E-state index in [1.165, 1.54) is 34.5 Å². The molecule has 78 heavy (non-hydrogen) atoms. The number of piperazine rings is 1. The van der Waals surface area contributed by atoms with Crippen molar-refractivity contribution in [2.24, 2.45) is 11.3 Å². The van der Waals surface area contributed by atoms with Crippen LogP contribution in [0, 0.1) is 27.3 Å². The third-order valence-electron chi connectivity index (χ3n) is 16.9. The maximum atomic E-state index is 16.8. The normalized spacial score (nSPS) is 21.2. The molecule has 3 aromatic heterocycles. The second-order valence-corrected chi connectivity index (χ2v) is 25.0. The number of piperidine rings is 1. The lowest BCUT2D eigenvalue weighted by molar-refractivity contribution is -0.384. The first-order valence-electron chi connectivity index (χ1n) is 26.9.